The topological polar surface area (TPSA) is 111 Å². The van der Waals surface area contributed by atoms with E-state index in [4.69, 9.17) is 19.1 Å². The number of ether oxygens (including phenoxy) is 2. The number of aliphatic carboxylic acids is 1. The number of rotatable bonds is 9. The minimum Gasteiger partial charge on any atom is -0.490 e. The van der Waals surface area contributed by atoms with Gasteiger partial charge in [0.1, 0.15) is 5.76 Å². The number of hydrogen-bond acceptors (Lipinski definition) is 6. The van der Waals surface area contributed by atoms with Crippen LogP contribution in [-0.2, 0) is 4.79 Å². The third-order valence-corrected chi connectivity index (χ3v) is 4.01. The number of carbonyl (C=O) groups is 2. The summed E-state index contributed by atoms with van der Waals surface area (Å²) in [5, 5.41) is 15.7. The fourth-order valence-corrected chi connectivity index (χ4v) is 2.78. The molecule has 1 atom stereocenters. The van der Waals surface area contributed by atoms with E-state index in [-0.39, 0.29) is 17.7 Å². The molecule has 0 saturated heterocycles. The summed E-state index contributed by atoms with van der Waals surface area (Å²) in [6, 6.07) is 4.40. The summed E-state index contributed by atoms with van der Waals surface area (Å²) in [5.74, 6) is -0.116. The highest BCUT2D eigenvalue weighted by Gasteiger charge is 2.22. The first-order chi connectivity index (χ1) is 12.9. The molecular weight excluding hydrogens is 352 g/mol. The molecule has 146 valence electrons. The first kappa shape index (κ1) is 20.3. The van der Waals surface area contributed by atoms with Crippen LogP contribution in [0.4, 0.5) is 0 Å². The number of carbonyl (C=O) groups excluding carboxylic acids is 1. The number of aryl methyl sites for hydroxylation is 2. The van der Waals surface area contributed by atoms with E-state index < -0.39 is 12.6 Å². The lowest BCUT2D eigenvalue weighted by Gasteiger charge is -2.18. The lowest BCUT2D eigenvalue weighted by Crippen LogP contribution is -2.28. The highest BCUT2D eigenvalue weighted by Crippen LogP contribution is 2.29. The van der Waals surface area contributed by atoms with E-state index in [2.05, 4.69) is 10.5 Å². The van der Waals surface area contributed by atoms with Gasteiger partial charge in [0.05, 0.1) is 18.3 Å². The van der Waals surface area contributed by atoms with Crippen LogP contribution in [0.3, 0.4) is 0 Å². The van der Waals surface area contributed by atoms with Crippen molar-refractivity contribution in [3.8, 4) is 11.5 Å². The molecule has 1 amide bonds. The summed E-state index contributed by atoms with van der Waals surface area (Å²) in [5.41, 5.74) is 2.00. The zero-order chi connectivity index (χ0) is 20.0. The van der Waals surface area contributed by atoms with Crippen molar-refractivity contribution in [1.82, 2.24) is 10.5 Å². The molecule has 2 aromatic rings. The third-order valence-electron chi connectivity index (χ3n) is 4.01. The van der Waals surface area contributed by atoms with Gasteiger partial charge in [-0.3, -0.25) is 4.79 Å². The molecule has 1 heterocycles. The molecule has 0 bridgehead atoms. The van der Waals surface area contributed by atoms with Crippen molar-refractivity contribution in [2.24, 2.45) is 0 Å². The second-order valence-corrected chi connectivity index (χ2v) is 5.95. The fourth-order valence-electron chi connectivity index (χ4n) is 2.78. The second kappa shape index (κ2) is 9.07. The van der Waals surface area contributed by atoms with E-state index in [1.807, 2.05) is 20.8 Å². The summed E-state index contributed by atoms with van der Waals surface area (Å²) >= 11 is 0. The van der Waals surface area contributed by atoms with Crippen molar-refractivity contribution in [1.29, 1.82) is 0 Å². The average molecular weight is 376 g/mol. The molecule has 0 aliphatic rings. The molecule has 8 heteroatoms. The van der Waals surface area contributed by atoms with Gasteiger partial charge >= 0.3 is 5.97 Å². The Morgan fingerprint density at radius 2 is 1.96 bits per heavy atom. The first-order valence-corrected chi connectivity index (χ1v) is 8.72. The van der Waals surface area contributed by atoms with Crippen molar-refractivity contribution in [2.45, 2.75) is 40.2 Å². The summed E-state index contributed by atoms with van der Waals surface area (Å²) in [7, 11) is 0. The van der Waals surface area contributed by atoms with E-state index in [0.29, 0.717) is 30.1 Å². The number of carboxylic acids is 1. The second-order valence-electron chi connectivity index (χ2n) is 5.95. The Morgan fingerprint density at radius 3 is 2.52 bits per heavy atom. The molecule has 2 rings (SSSR count). The van der Waals surface area contributed by atoms with Crippen molar-refractivity contribution in [2.75, 3.05) is 13.2 Å². The average Bonchev–Trinajstić information content (AvgIpc) is 2.97. The van der Waals surface area contributed by atoms with Crippen LogP contribution in [0, 0.1) is 13.8 Å². The number of hydrogen-bond donors (Lipinski definition) is 2. The van der Waals surface area contributed by atoms with Gasteiger partial charge in [-0.05, 0) is 45.4 Å². The summed E-state index contributed by atoms with van der Waals surface area (Å²) in [6.45, 7) is 7.26. The van der Waals surface area contributed by atoms with Crippen LogP contribution < -0.4 is 14.8 Å². The zero-order valence-corrected chi connectivity index (χ0v) is 15.9. The van der Waals surface area contributed by atoms with Gasteiger partial charge in [0, 0.05) is 11.1 Å². The molecule has 0 aliphatic heterocycles. The molecular formula is C19H24N2O6. The minimum atomic E-state index is -1.09. The van der Waals surface area contributed by atoms with E-state index in [1.165, 1.54) is 12.1 Å². The number of carboxylic acid groups (broad SMARTS) is 1. The Balaban J connectivity index is 2.21. The molecule has 8 nitrogen and oxygen atoms in total. The summed E-state index contributed by atoms with van der Waals surface area (Å²) in [4.78, 5) is 23.4. The Hall–Kier alpha value is -3.03. The highest BCUT2D eigenvalue weighted by atomic mass is 16.5. The van der Waals surface area contributed by atoms with Crippen LogP contribution in [0.25, 0.3) is 0 Å². The molecule has 0 fully saturated rings. The minimum absolute atomic E-state index is 0.234. The van der Waals surface area contributed by atoms with Gasteiger partial charge in [-0.15, -0.1) is 0 Å². The van der Waals surface area contributed by atoms with E-state index >= 15 is 0 Å². The Kier molecular flexibility index (Phi) is 6.81. The van der Waals surface area contributed by atoms with Crippen molar-refractivity contribution in [3.05, 3.63) is 40.8 Å². The van der Waals surface area contributed by atoms with Gasteiger partial charge in [0.2, 0.25) is 0 Å². The van der Waals surface area contributed by atoms with Gasteiger partial charge in [0.25, 0.3) is 5.91 Å². The maximum Gasteiger partial charge on any atom is 0.341 e. The maximum atomic E-state index is 12.7. The van der Waals surface area contributed by atoms with Crippen molar-refractivity contribution < 1.29 is 28.7 Å². The van der Waals surface area contributed by atoms with Crippen molar-refractivity contribution >= 4 is 11.9 Å². The van der Waals surface area contributed by atoms with E-state index in [1.54, 1.807) is 13.0 Å². The molecule has 1 aromatic heterocycles. The normalized spacial score (nSPS) is 11.7. The molecule has 0 spiro atoms. The SMILES string of the molecule is CCOc1cc(C(=O)NC(CC)c2c(C)noc2C)ccc1OCC(=O)O. The molecule has 0 saturated carbocycles. The summed E-state index contributed by atoms with van der Waals surface area (Å²) in [6.07, 6.45) is 0.673. The molecule has 0 aliphatic carbocycles. The highest BCUT2D eigenvalue weighted by molar-refractivity contribution is 5.95. The van der Waals surface area contributed by atoms with Crippen LogP contribution in [0.1, 0.15) is 53.7 Å². The summed E-state index contributed by atoms with van der Waals surface area (Å²) < 4.78 is 15.9. The van der Waals surface area contributed by atoms with Gasteiger partial charge in [-0.1, -0.05) is 12.1 Å². The molecule has 2 N–H and O–H groups in total. The predicted octanol–water partition coefficient (Wildman–Crippen LogP) is 3.03. The van der Waals surface area contributed by atoms with Crippen LogP contribution in [0.2, 0.25) is 0 Å². The quantitative estimate of drug-likeness (QED) is 0.692. The number of benzene rings is 1. The monoisotopic (exact) mass is 376 g/mol. The molecule has 1 aromatic carbocycles. The molecule has 0 radical (unpaired) electrons. The Labute approximate surface area is 157 Å². The number of nitrogens with zero attached hydrogens (tertiary/aromatic N) is 1. The number of amides is 1. The lowest BCUT2D eigenvalue weighted by molar-refractivity contribution is -0.139. The van der Waals surface area contributed by atoms with Gasteiger partial charge in [-0.25, -0.2) is 4.79 Å². The van der Waals surface area contributed by atoms with Gasteiger partial charge < -0.3 is 24.4 Å². The fraction of sp³-hybridized carbons (Fsp3) is 0.421. The number of aromatic nitrogens is 1. The van der Waals surface area contributed by atoms with E-state index in [9.17, 15) is 9.59 Å². The third kappa shape index (κ3) is 4.99. The Bertz CT molecular complexity index is 795. The zero-order valence-electron chi connectivity index (χ0n) is 15.9. The largest absolute Gasteiger partial charge is 0.490 e. The van der Waals surface area contributed by atoms with E-state index in [0.717, 1.165) is 11.3 Å². The van der Waals surface area contributed by atoms with Crippen LogP contribution in [0.5, 0.6) is 11.5 Å². The van der Waals surface area contributed by atoms with Crippen LogP contribution >= 0.6 is 0 Å². The lowest BCUT2D eigenvalue weighted by atomic mass is 10.0. The standard InChI is InChI=1S/C19H24N2O6/c1-5-14(18-11(3)21-27-12(18)4)20-19(24)13-7-8-15(26-10-17(22)23)16(9-13)25-6-2/h7-9,14H,5-6,10H2,1-4H3,(H,20,24)(H,22,23). The first-order valence-electron chi connectivity index (χ1n) is 8.72. The maximum absolute atomic E-state index is 12.7. The van der Waals surface area contributed by atoms with Gasteiger partial charge in [-0.2, -0.15) is 0 Å². The van der Waals surface area contributed by atoms with Crippen LogP contribution in [-0.4, -0.2) is 35.4 Å². The molecule has 27 heavy (non-hydrogen) atoms. The predicted molar refractivity (Wildman–Crippen MR) is 97.2 cm³/mol. The number of nitrogens with one attached hydrogen (secondary N) is 1. The van der Waals surface area contributed by atoms with Crippen LogP contribution in [0.15, 0.2) is 22.7 Å². The Morgan fingerprint density at radius 1 is 1.22 bits per heavy atom. The smallest absolute Gasteiger partial charge is 0.341 e. The van der Waals surface area contributed by atoms with Crippen molar-refractivity contribution in [3.63, 3.8) is 0 Å². The van der Waals surface area contributed by atoms with Gasteiger partial charge in [0.15, 0.2) is 18.1 Å². The molecule has 1 unspecified atom stereocenters.